The Morgan fingerprint density at radius 1 is 1.60 bits per heavy atom. The third kappa shape index (κ3) is 1.61. The Hall–Kier alpha value is -1.76. The van der Waals surface area contributed by atoms with Gasteiger partial charge in [-0.3, -0.25) is 4.79 Å². The van der Waals surface area contributed by atoms with Crippen molar-refractivity contribution < 1.29 is 5.11 Å². The summed E-state index contributed by atoms with van der Waals surface area (Å²) in [6.45, 7) is 1.72. The van der Waals surface area contributed by atoms with Gasteiger partial charge < -0.3 is 5.11 Å². The Labute approximate surface area is 84.9 Å². The summed E-state index contributed by atoms with van der Waals surface area (Å²) in [7, 11) is 1.69. The molecule has 2 aromatic heterocycles. The fourth-order valence-electron chi connectivity index (χ4n) is 1.35. The summed E-state index contributed by atoms with van der Waals surface area (Å²) in [5.74, 6) is 0. The lowest BCUT2D eigenvalue weighted by Gasteiger charge is -2.04. The summed E-state index contributed by atoms with van der Waals surface area (Å²) in [4.78, 5) is 11.8. The molecule has 0 aliphatic heterocycles. The van der Waals surface area contributed by atoms with E-state index < -0.39 is 6.10 Å². The molecule has 2 heterocycles. The minimum absolute atomic E-state index is 0.136. The van der Waals surface area contributed by atoms with Crippen LogP contribution in [-0.4, -0.2) is 36.0 Å². The molecule has 0 aliphatic carbocycles. The smallest absolute Gasteiger partial charge is 0.280 e. The monoisotopic (exact) mass is 209 g/mol. The van der Waals surface area contributed by atoms with Crippen LogP contribution in [0.25, 0.3) is 11.0 Å². The van der Waals surface area contributed by atoms with Crippen LogP contribution in [-0.2, 0) is 13.6 Å². The molecule has 0 amide bonds. The van der Waals surface area contributed by atoms with Gasteiger partial charge >= 0.3 is 0 Å². The standard InChI is InChI=1S/C8H11N5O2/c1-5(14)4-13-8(15)6-3-9-12(2)7(6)10-11-13/h3,5,14H,4H2,1-2H3/t5-/m0/s1. The van der Waals surface area contributed by atoms with E-state index in [2.05, 4.69) is 15.4 Å². The van der Waals surface area contributed by atoms with Crippen molar-refractivity contribution in [3.05, 3.63) is 16.6 Å². The molecule has 0 radical (unpaired) electrons. The molecule has 7 heteroatoms. The third-order valence-corrected chi connectivity index (χ3v) is 2.06. The zero-order valence-corrected chi connectivity index (χ0v) is 8.45. The van der Waals surface area contributed by atoms with E-state index in [4.69, 9.17) is 5.11 Å². The SMILES string of the molecule is C[C@H](O)Cn1nnc2c(cnn2C)c1=O. The molecular formula is C8H11N5O2. The molecule has 80 valence electrons. The first kappa shape index (κ1) is 9.78. The quantitative estimate of drug-likeness (QED) is 0.679. The molecule has 0 spiro atoms. The molecule has 0 unspecified atom stereocenters. The number of fused-ring (bicyclic) bond motifs is 1. The summed E-state index contributed by atoms with van der Waals surface area (Å²) in [5, 5.41) is 21.1. The minimum Gasteiger partial charge on any atom is -0.391 e. The van der Waals surface area contributed by atoms with Crippen molar-refractivity contribution in [1.29, 1.82) is 0 Å². The van der Waals surface area contributed by atoms with Gasteiger partial charge in [0.05, 0.1) is 18.8 Å². The summed E-state index contributed by atoms with van der Waals surface area (Å²) < 4.78 is 2.62. The second kappa shape index (κ2) is 3.43. The maximum atomic E-state index is 11.8. The molecule has 0 saturated heterocycles. The van der Waals surface area contributed by atoms with Crippen molar-refractivity contribution >= 4 is 11.0 Å². The Balaban J connectivity index is 2.61. The zero-order chi connectivity index (χ0) is 11.0. The van der Waals surface area contributed by atoms with Gasteiger partial charge in [-0.05, 0) is 6.92 Å². The number of aliphatic hydroxyl groups is 1. The van der Waals surface area contributed by atoms with Crippen LogP contribution in [0.3, 0.4) is 0 Å². The summed E-state index contributed by atoms with van der Waals surface area (Å²) in [6, 6.07) is 0. The van der Waals surface area contributed by atoms with Crippen molar-refractivity contribution in [2.75, 3.05) is 0 Å². The first-order valence-electron chi connectivity index (χ1n) is 4.53. The molecule has 1 atom stereocenters. The van der Waals surface area contributed by atoms with Gasteiger partial charge in [0.15, 0.2) is 5.65 Å². The second-order valence-corrected chi connectivity index (χ2v) is 3.43. The highest BCUT2D eigenvalue weighted by Gasteiger charge is 2.10. The average molecular weight is 209 g/mol. The predicted molar refractivity (Wildman–Crippen MR) is 52.2 cm³/mol. The molecule has 2 aromatic rings. The fourth-order valence-corrected chi connectivity index (χ4v) is 1.35. The summed E-state index contributed by atoms with van der Waals surface area (Å²) in [5.41, 5.74) is 0.163. The van der Waals surface area contributed by atoms with E-state index in [1.54, 1.807) is 14.0 Å². The highest BCUT2D eigenvalue weighted by Crippen LogP contribution is 2.01. The maximum absolute atomic E-state index is 11.8. The van der Waals surface area contributed by atoms with Crippen molar-refractivity contribution in [2.45, 2.75) is 19.6 Å². The topological polar surface area (TPSA) is 85.8 Å². The molecule has 0 aromatic carbocycles. The average Bonchev–Trinajstić information content (AvgIpc) is 2.53. The normalized spacial score (nSPS) is 13.3. The number of aromatic nitrogens is 5. The number of hydrogen-bond donors (Lipinski definition) is 1. The first-order valence-corrected chi connectivity index (χ1v) is 4.53. The van der Waals surface area contributed by atoms with Gasteiger partial charge in [-0.1, -0.05) is 5.21 Å². The van der Waals surface area contributed by atoms with Crippen LogP contribution in [0, 0.1) is 0 Å². The second-order valence-electron chi connectivity index (χ2n) is 3.43. The van der Waals surface area contributed by atoms with Crippen LogP contribution in [0.15, 0.2) is 11.0 Å². The molecule has 0 saturated carbocycles. The molecule has 7 nitrogen and oxygen atoms in total. The van der Waals surface area contributed by atoms with E-state index in [1.807, 2.05) is 0 Å². The van der Waals surface area contributed by atoms with Gasteiger partial charge in [0.2, 0.25) is 0 Å². The van der Waals surface area contributed by atoms with Crippen molar-refractivity contribution in [3.63, 3.8) is 0 Å². The van der Waals surface area contributed by atoms with E-state index >= 15 is 0 Å². The Bertz CT molecular complexity index is 541. The van der Waals surface area contributed by atoms with Crippen LogP contribution in [0.4, 0.5) is 0 Å². The maximum Gasteiger partial charge on any atom is 0.280 e. The fraction of sp³-hybridized carbons (Fsp3) is 0.500. The van der Waals surface area contributed by atoms with Crippen molar-refractivity contribution in [3.8, 4) is 0 Å². The van der Waals surface area contributed by atoms with Crippen molar-refractivity contribution in [1.82, 2.24) is 24.8 Å². The van der Waals surface area contributed by atoms with E-state index in [0.717, 1.165) is 4.68 Å². The third-order valence-electron chi connectivity index (χ3n) is 2.06. The number of aliphatic hydroxyl groups excluding tert-OH is 1. The number of nitrogens with zero attached hydrogens (tertiary/aromatic N) is 5. The lowest BCUT2D eigenvalue weighted by molar-refractivity contribution is 0.165. The predicted octanol–water partition coefficient (Wildman–Crippen LogP) is -1.09. The highest BCUT2D eigenvalue weighted by molar-refractivity contribution is 5.72. The lowest BCUT2D eigenvalue weighted by atomic mass is 10.4. The molecule has 0 bridgehead atoms. The summed E-state index contributed by atoms with van der Waals surface area (Å²) in [6.07, 6.45) is 0.816. The minimum atomic E-state index is -0.633. The molecular weight excluding hydrogens is 198 g/mol. The van der Waals surface area contributed by atoms with Gasteiger partial charge in [-0.2, -0.15) is 5.10 Å². The Kier molecular flexibility index (Phi) is 2.24. The van der Waals surface area contributed by atoms with Gasteiger partial charge in [0.1, 0.15) is 5.39 Å². The van der Waals surface area contributed by atoms with E-state index in [-0.39, 0.29) is 12.1 Å². The number of hydrogen-bond acceptors (Lipinski definition) is 5. The van der Waals surface area contributed by atoms with Crippen LogP contribution in [0.5, 0.6) is 0 Å². The Morgan fingerprint density at radius 2 is 2.33 bits per heavy atom. The molecule has 0 aliphatic rings. The lowest BCUT2D eigenvalue weighted by Crippen LogP contribution is -2.28. The molecule has 1 N–H and O–H groups in total. The van der Waals surface area contributed by atoms with Gasteiger partial charge in [-0.15, -0.1) is 5.10 Å². The highest BCUT2D eigenvalue weighted by atomic mass is 16.3. The largest absolute Gasteiger partial charge is 0.391 e. The molecule has 0 fully saturated rings. The van der Waals surface area contributed by atoms with Gasteiger partial charge in [0, 0.05) is 7.05 Å². The van der Waals surface area contributed by atoms with Crippen LogP contribution >= 0.6 is 0 Å². The van der Waals surface area contributed by atoms with Gasteiger partial charge in [-0.25, -0.2) is 9.36 Å². The number of rotatable bonds is 2. The molecule has 15 heavy (non-hydrogen) atoms. The first-order chi connectivity index (χ1) is 7.09. The van der Waals surface area contributed by atoms with E-state index in [0.29, 0.717) is 11.0 Å². The van der Waals surface area contributed by atoms with Gasteiger partial charge in [0.25, 0.3) is 5.56 Å². The number of aryl methyl sites for hydroxylation is 1. The van der Waals surface area contributed by atoms with Crippen molar-refractivity contribution in [2.24, 2.45) is 7.05 Å². The van der Waals surface area contributed by atoms with E-state index in [9.17, 15) is 4.79 Å². The van der Waals surface area contributed by atoms with Crippen LogP contribution < -0.4 is 5.56 Å². The molecule has 2 rings (SSSR count). The Morgan fingerprint density at radius 3 is 3.00 bits per heavy atom. The summed E-state index contributed by atoms with van der Waals surface area (Å²) >= 11 is 0. The van der Waals surface area contributed by atoms with E-state index in [1.165, 1.54) is 10.9 Å². The zero-order valence-electron chi connectivity index (χ0n) is 8.45. The van der Waals surface area contributed by atoms with Crippen LogP contribution in [0.1, 0.15) is 6.92 Å². The van der Waals surface area contributed by atoms with Crippen LogP contribution in [0.2, 0.25) is 0 Å².